The molecule has 1 unspecified atom stereocenters. The number of aliphatic hydroxyl groups excluding tert-OH is 1. The van der Waals surface area contributed by atoms with Crippen LogP contribution in [0, 0.1) is 40.9 Å². The number of allylic oxidation sites excluding steroid dienone is 6. The van der Waals surface area contributed by atoms with E-state index in [4.69, 9.17) is 37.9 Å². The number of esters is 2. The highest BCUT2D eigenvalue weighted by molar-refractivity contribution is 6.39. The number of piperidine rings is 1. The summed E-state index contributed by atoms with van der Waals surface area (Å²) in [7, 11) is 4.50. The lowest BCUT2D eigenvalue weighted by atomic mass is 9.78. The quantitative estimate of drug-likeness (QED) is 0.140. The van der Waals surface area contributed by atoms with Gasteiger partial charge in [-0.05, 0) is 115 Å². The fourth-order valence-electron chi connectivity index (χ4n) is 11.1. The second-order valence-electron chi connectivity index (χ2n) is 23.0. The van der Waals surface area contributed by atoms with Crippen molar-refractivity contribution >= 4 is 35.2 Å². The molecule has 15 atom stereocenters. The number of carbonyl (C=O) groups excluding carboxylic acids is 6. The van der Waals surface area contributed by atoms with E-state index in [2.05, 4.69) is 0 Å². The number of ketones is 3. The molecule has 422 valence electrons. The number of Topliss-reactive ketones (excluding diaryl/α,β-unsaturated/α-hetero) is 3. The Morgan fingerprint density at radius 3 is 2.16 bits per heavy atom. The van der Waals surface area contributed by atoms with Gasteiger partial charge in [0, 0.05) is 58.5 Å². The molecule has 1 saturated carbocycles. The fourth-order valence-corrected chi connectivity index (χ4v) is 11.1. The standard InChI is InChI=1S/C58H89NO16/c1-35-19-15-13-14-16-20-42(68-10)31-43-24-22-40(6)58(67,75-43)52(63)53(64)59-26-18-17-21-44(59)54(65)73-47(32-45(60)36(2)28-39(5)50(62)51(70-12)49(61)38(4)27-35)37(3)29-41-23-25-46(48(30-41)69-11)74-55(66)57(9)33-71-56(7,8)72-34-57/h13-16,19-20,28,35,37-44,46-48,50-51,62,67H,17-18,21-27,29-34H2,1-12H3/t35-,37-,38-,39?,40-,41+,42-,43+,44+,46-,47+,48-,50-,51+,58-/m1/s1/i11+1. The van der Waals surface area contributed by atoms with E-state index in [1.807, 2.05) is 57.2 Å². The molecule has 17 heteroatoms. The van der Waals surface area contributed by atoms with Gasteiger partial charge >= 0.3 is 11.9 Å². The monoisotopic (exact) mass is 1060 g/mol. The Bertz CT molecular complexity index is 2090. The van der Waals surface area contributed by atoms with E-state index in [1.54, 1.807) is 61.8 Å². The number of methoxy groups -OCH3 is 3. The summed E-state index contributed by atoms with van der Waals surface area (Å²) in [5, 5.41) is 23.5. The van der Waals surface area contributed by atoms with Crippen molar-refractivity contribution in [3.8, 4) is 0 Å². The number of hydrogen-bond acceptors (Lipinski definition) is 16. The van der Waals surface area contributed by atoms with Crippen LogP contribution in [0.2, 0.25) is 0 Å². The van der Waals surface area contributed by atoms with Crippen LogP contribution in [-0.4, -0.2) is 152 Å². The number of hydrogen-bond donors (Lipinski definition) is 2. The molecule has 0 aromatic rings. The molecule has 0 spiro atoms. The van der Waals surface area contributed by atoms with Gasteiger partial charge in [-0.25, -0.2) is 4.79 Å². The topological polar surface area (TPSA) is 220 Å². The van der Waals surface area contributed by atoms with Crippen molar-refractivity contribution in [2.75, 3.05) is 41.1 Å². The maximum absolute atomic E-state index is 14.6. The minimum absolute atomic E-state index is 0.00680. The van der Waals surface area contributed by atoms with Crippen LogP contribution in [0.15, 0.2) is 48.1 Å². The average Bonchev–Trinajstić information content (AvgIpc) is 3.38. The summed E-state index contributed by atoms with van der Waals surface area (Å²) >= 11 is 0. The Morgan fingerprint density at radius 2 is 1.51 bits per heavy atom. The summed E-state index contributed by atoms with van der Waals surface area (Å²) in [5.41, 5.74) is -0.706. The van der Waals surface area contributed by atoms with Crippen LogP contribution >= 0.6 is 0 Å². The molecule has 5 aliphatic rings. The summed E-state index contributed by atoms with van der Waals surface area (Å²) in [5.74, 6) is -9.58. The molecule has 0 aromatic carbocycles. The van der Waals surface area contributed by atoms with Crippen molar-refractivity contribution in [1.29, 1.82) is 0 Å². The molecule has 0 radical (unpaired) electrons. The van der Waals surface area contributed by atoms with Gasteiger partial charge in [0.25, 0.3) is 11.7 Å². The number of aliphatic hydroxyl groups is 2. The van der Waals surface area contributed by atoms with Gasteiger partial charge in [0.1, 0.15) is 29.8 Å². The molecule has 0 aromatic heterocycles. The first kappa shape index (κ1) is 61.9. The highest BCUT2D eigenvalue weighted by atomic mass is 16.7. The van der Waals surface area contributed by atoms with Crippen LogP contribution in [-0.2, 0) is 66.7 Å². The zero-order chi connectivity index (χ0) is 55.4. The highest BCUT2D eigenvalue weighted by Crippen LogP contribution is 2.39. The minimum Gasteiger partial charge on any atom is -0.460 e. The summed E-state index contributed by atoms with van der Waals surface area (Å²) in [6.45, 7) is 16.4. The first-order valence-electron chi connectivity index (χ1n) is 27.3. The van der Waals surface area contributed by atoms with Gasteiger partial charge < -0.3 is 53.0 Å². The predicted octanol–water partition coefficient (Wildman–Crippen LogP) is 7.13. The molecule has 2 N–H and O–H groups in total. The third kappa shape index (κ3) is 16.3. The molecule has 1 aliphatic carbocycles. The molecule has 4 aliphatic heterocycles. The van der Waals surface area contributed by atoms with Crippen molar-refractivity contribution in [3.63, 3.8) is 0 Å². The van der Waals surface area contributed by atoms with Gasteiger partial charge in [-0.1, -0.05) is 77.2 Å². The van der Waals surface area contributed by atoms with Gasteiger partial charge in [0.05, 0.1) is 37.6 Å². The molecule has 75 heavy (non-hydrogen) atoms. The van der Waals surface area contributed by atoms with Crippen molar-refractivity contribution in [2.24, 2.45) is 40.9 Å². The van der Waals surface area contributed by atoms with Gasteiger partial charge in [-0.15, -0.1) is 0 Å². The number of amides is 1. The van der Waals surface area contributed by atoms with Crippen LogP contribution < -0.4 is 0 Å². The van der Waals surface area contributed by atoms with Crippen LogP contribution in [0.4, 0.5) is 0 Å². The molecule has 17 nitrogen and oxygen atoms in total. The average molecular weight is 1060 g/mol. The first-order chi connectivity index (χ1) is 35.4. The molecule has 5 rings (SSSR count). The lowest BCUT2D eigenvalue weighted by Gasteiger charge is -2.42. The number of rotatable bonds is 8. The van der Waals surface area contributed by atoms with Crippen LogP contribution in [0.5, 0.6) is 0 Å². The third-order valence-electron chi connectivity index (χ3n) is 16.3. The van der Waals surface area contributed by atoms with E-state index in [1.165, 1.54) is 12.0 Å². The number of fused-ring (bicyclic) bond motifs is 3. The van der Waals surface area contributed by atoms with E-state index in [0.717, 1.165) is 0 Å². The number of cyclic esters (lactones) is 1. The predicted molar refractivity (Wildman–Crippen MR) is 278 cm³/mol. The number of ether oxygens (including phenoxy) is 8. The first-order valence-corrected chi connectivity index (χ1v) is 27.3. The molecule has 3 saturated heterocycles. The lowest BCUT2D eigenvalue weighted by molar-refractivity contribution is -0.283. The lowest BCUT2D eigenvalue weighted by Crippen LogP contribution is -2.60. The maximum atomic E-state index is 14.6. The molecule has 1 amide bonds. The van der Waals surface area contributed by atoms with E-state index in [-0.39, 0.29) is 61.6 Å². The summed E-state index contributed by atoms with van der Waals surface area (Å²) < 4.78 is 47.4. The zero-order valence-electron chi connectivity index (χ0n) is 46.8. The van der Waals surface area contributed by atoms with E-state index >= 15 is 0 Å². The SMILES string of the molecule is CO[C@@H]1C=CC=CC=C[C@@H](C)C[C@@H](C)C(=O)[C@H](OC)[C@H](O)C(C)C=C(C)C(=O)C[C@@H]([C@H](C)C[C@@H]2CC[C@@H](OC(=O)C3(C)COC(C)(C)OC3)[C@H](O[13CH3])C2)OC(=O)[C@@H]2CCCCN2C(=O)C(=O)[C@]2(O)O[C@@H](CC[C@H]2C)C1. The van der Waals surface area contributed by atoms with Crippen molar-refractivity contribution in [2.45, 2.75) is 200 Å². The zero-order valence-corrected chi connectivity index (χ0v) is 46.8. The van der Waals surface area contributed by atoms with Crippen LogP contribution in [0.25, 0.3) is 0 Å². The van der Waals surface area contributed by atoms with Crippen LogP contribution in [0.3, 0.4) is 0 Å². The third-order valence-corrected chi connectivity index (χ3v) is 16.3. The maximum Gasteiger partial charge on any atom is 0.329 e. The van der Waals surface area contributed by atoms with E-state index in [0.29, 0.717) is 64.2 Å². The number of nitrogens with zero attached hydrogens (tertiary/aromatic N) is 1. The van der Waals surface area contributed by atoms with Gasteiger partial charge in [0.2, 0.25) is 5.79 Å². The molecular formula is C58H89NO16. The highest BCUT2D eigenvalue weighted by Gasteiger charge is 2.53. The molecule has 4 fully saturated rings. The van der Waals surface area contributed by atoms with Crippen molar-refractivity contribution in [1.82, 2.24) is 4.90 Å². The Hall–Kier alpha value is -3.94. The molecular weight excluding hydrogens is 968 g/mol. The Morgan fingerprint density at radius 1 is 0.827 bits per heavy atom. The Labute approximate surface area is 445 Å². The van der Waals surface area contributed by atoms with Gasteiger partial charge in [-0.2, -0.15) is 0 Å². The largest absolute Gasteiger partial charge is 0.460 e. The Balaban J connectivity index is 1.42. The van der Waals surface area contributed by atoms with E-state index in [9.17, 15) is 39.0 Å². The second-order valence-corrected chi connectivity index (χ2v) is 23.0. The van der Waals surface area contributed by atoms with Crippen molar-refractivity contribution < 1.29 is 76.9 Å². The normalized spacial score (nSPS) is 36.8. The van der Waals surface area contributed by atoms with Gasteiger partial charge in [0.15, 0.2) is 17.4 Å². The number of carbonyl (C=O) groups is 6. The Kier molecular flexibility index (Phi) is 22.8. The van der Waals surface area contributed by atoms with Gasteiger partial charge in [-0.3, -0.25) is 24.0 Å². The van der Waals surface area contributed by atoms with E-state index < -0.39 is 113 Å². The molecule has 2 bridgehead atoms. The fraction of sp³-hybridized carbons (Fsp3) is 0.759. The van der Waals surface area contributed by atoms with Crippen LogP contribution in [0.1, 0.15) is 139 Å². The summed E-state index contributed by atoms with van der Waals surface area (Å²) in [4.78, 5) is 86.0. The summed E-state index contributed by atoms with van der Waals surface area (Å²) in [6, 6.07) is -1.18. The molecule has 4 heterocycles. The van der Waals surface area contributed by atoms with Crippen molar-refractivity contribution in [3.05, 3.63) is 48.1 Å². The smallest absolute Gasteiger partial charge is 0.329 e. The summed E-state index contributed by atoms with van der Waals surface area (Å²) in [6.07, 6.45) is 12.2. The minimum atomic E-state index is -2.45. The second kappa shape index (κ2) is 27.6.